The molecule has 4 rings (SSSR count). The van der Waals surface area contributed by atoms with Crippen LogP contribution in [0.15, 0.2) is 36.4 Å². The fourth-order valence-electron chi connectivity index (χ4n) is 3.60. The fourth-order valence-corrected chi connectivity index (χ4v) is 4.02. The van der Waals surface area contributed by atoms with Gasteiger partial charge >= 0.3 is 0 Å². The Hall–Kier alpha value is -1.79. The first kappa shape index (κ1) is 19.5. The highest BCUT2D eigenvalue weighted by Crippen LogP contribution is 2.50. The van der Waals surface area contributed by atoms with Crippen LogP contribution in [0.5, 0.6) is 5.75 Å². The molecule has 1 fully saturated rings. The molecule has 5 nitrogen and oxygen atoms in total. The molecular weight excluding hydrogens is 401 g/mol. The van der Waals surface area contributed by atoms with E-state index in [2.05, 4.69) is 0 Å². The van der Waals surface area contributed by atoms with Gasteiger partial charge in [-0.3, -0.25) is 4.79 Å². The van der Waals surface area contributed by atoms with E-state index in [1.807, 2.05) is 38.1 Å². The number of nitrogens with zero attached hydrogens (tertiary/aromatic N) is 1. The van der Waals surface area contributed by atoms with Crippen molar-refractivity contribution >= 4 is 34.8 Å². The normalized spacial score (nSPS) is 18.0. The molecule has 148 valence electrons. The Bertz CT molecular complexity index is 909. The third-order valence-electron chi connectivity index (χ3n) is 4.78. The summed E-state index contributed by atoms with van der Waals surface area (Å²) in [5.41, 5.74) is 1.98. The molecule has 1 spiro atoms. The molecule has 0 aromatic heterocycles. The van der Waals surface area contributed by atoms with Crippen molar-refractivity contribution in [2.24, 2.45) is 0 Å². The van der Waals surface area contributed by atoms with Crippen LogP contribution in [0.3, 0.4) is 0 Å². The third-order valence-corrected chi connectivity index (χ3v) is 5.58. The number of hydrogen-bond donors (Lipinski definition) is 0. The maximum absolute atomic E-state index is 13.5. The minimum absolute atomic E-state index is 0.0112. The van der Waals surface area contributed by atoms with E-state index in [0.717, 1.165) is 17.7 Å². The molecule has 28 heavy (non-hydrogen) atoms. The molecule has 7 heteroatoms. The predicted octanol–water partition coefficient (Wildman–Crippen LogP) is 4.92. The summed E-state index contributed by atoms with van der Waals surface area (Å²) in [4.78, 5) is 15.1. The summed E-state index contributed by atoms with van der Waals surface area (Å²) >= 11 is 12.8. The molecule has 2 aromatic carbocycles. The van der Waals surface area contributed by atoms with Crippen molar-refractivity contribution in [3.05, 3.63) is 57.6 Å². The lowest BCUT2D eigenvalue weighted by molar-refractivity contribution is -0.256. The number of halogens is 2. The summed E-state index contributed by atoms with van der Waals surface area (Å²) in [5, 5.41) is 0.683. The van der Waals surface area contributed by atoms with E-state index in [-0.39, 0.29) is 18.6 Å². The van der Waals surface area contributed by atoms with Gasteiger partial charge < -0.3 is 19.1 Å². The second kappa shape index (κ2) is 7.56. The van der Waals surface area contributed by atoms with Gasteiger partial charge in [0.1, 0.15) is 5.75 Å². The Morgan fingerprint density at radius 1 is 1.14 bits per heavy atom. The number of anilines is 1. The van der Waals surface area contributed by atoms with Gasteiger partial charge in [-0.25, -0.2) is 0 Å². The van der Waals surface area contributed by atoms with Crippen LogP contribution in [-0.2, 0) is 26.6 Å². The summed E-state index contributed by atoms with van der Waals surface area (Å²) < 4.78 is 17.7. The summed E-state index contributed by atoms with van der Waals surface area (Å²) in [6.07, 6.45) is 0.744. The van der Waals surface area contributed by atoms with Gasteiger partial charge in [-0.1, -0.05) is 41.4 Å². The Kier molecular flexibility index (Phi) is 5.27. The van der Waals surface area contributed by atoms with Crippen LogP contribution in [-0.4, -0.2) is 25.2 Å². The zero-order valence-corrected chi connectivity index (χ0v) is 17.2. The standard InChI is InChI=1S/C21H21Cl2NO4/c1-13(2)28-17-7-4-3-6-14(17)12-24-19-15(8-9-16(22)18(19)23)21(20(24)25)26-10-5-11-27-21/h3-4,6-9,13H,5,10-12H2,1-2H3. The topological polar surface area (TPSA) is 48.0 Å². The first-order chi connectivity index (χ1) is 13.4. The Morgan fingerprint density at radius 3 is 2.57 bits per heavy atom. The van der Waals surface area contributed by atoms with Crippen LogP contribution >= 0.6 is 23.2 Å². The number of fused-ring (bicyclic) bond motifs is 2. The summed E-state index contributed by atoms with van der Waals surface area (Å²) in [6.45, 7) is 5.06. The maximum Gasteiger partial charge on any atom is 0.292 e. The van der Waals surface area contributed by atoms with E-state index in [1.54, 1.807) is 17.0 Å². The molecule has 0 N–H and O–H groups in total. The number of carbonyl (C=O) groups excluding carboxylic acids is 1. The van der Waals surface area contributed by atoms with Crippen LogP contribution < -0.4 is 9.64 Å². The van der Waals surface area contributed by atoms with Crippen LogP contribution in [0.1, 0.15) is 31.4 Å². The smallest absolute Gasteiger partial charge is 0.292 e. The van der Waals surface area contributed by atoms with Gasteiger partial charge in [-0.05, 0) is 38.5 Å². The molecule has 0 bridgehead atoms. The Labute approximate surface area is 174 Å². The van der Waals surface area contributed by atoms with E-state index in [9.17, 15) is 4.79 Å². The number of hydrogen-bond acceptors (Lipinski definition) is 4. The molecule has 2 heterocycles. The van der Waals surface area contributed by atoms with Gasteiger partial charge in [0.2, 0.25) is 0 Å². The first-order valence-corrected chi connectivity index (χ1v) is 10.0. The van der Waals surface area contributed by atoms with Crippen LogP contribution in [0, 0.1) is 0 Å². The fraction of sp³-hybridized carbons (Fsp3) is 0.381. The van der Waals surface area contributed by atoms with Crippen molar-refractivity contribution in [2.75, 3.05) is 18.1 Å². The van der Waals surface area contributed by atoms with E-state index in [0.29, 0.717) is 34.5 Å². The molecule has 1 amide bonds. The van der Waals surface area contributed by atoms with Gasteiger partial charge in [0.05, 0.1) is 41.6 Å². The van der Waals surface area contributed by atoms with E-state index in [1.165, 1.54) is 0 Å². The quantitative estimate of drug-likeness (QED) is 0.702. The van der Waals surface area contributed by atoms with Crippen LogP contribution in [0.4, 0.5) is 5.69 Å². The molecule has 0 radical (unpaired) electrons. The maximum atomic E-state index is 13.5. The molecule has 2 aliphatic rings. The van der Waals surface area contributed by atoms with Crippen molar-refractivity contribution in [1.29, 1.82) is 0 Å². The number of carbonyl (C=O) groups is 1. The summed E-state index contributed by atoms with van der Waals surface area (Å²) in [6, 6.07) is 11.0. The minimum Gasteiger partial charge on any atom is -0.491 e. The number of para-hydroxylation sites is 1. The monoisotopic (exact) mass is 421 g/mol. The van der Waals surface area contributed by atoms with Gasteiger partial charge in [0.15, 0.2) is 0 Å². The third kappa shape index (κ3) is 3.16. The minimum atomic E-state index is -1.46. The SMILES string of the molecule is CC(C)Oc1ccccc1CN1C(=O)C2(OCCCO2)c2ccc(Cl)c(Cl)c21. The molecule has 0 aliphatic carbocycles. The molecule has 0 atom stereocenters. The molecular formula is C21H21Cl2NO4. The van der Waals surface area contributed by atoms with E-state index < -0.39 is 5.79 Å². The Balaban J connectivity index is 1.79. The lowest BCUT2D eigenvalue weighted by Gasteiger charge is -2.32. The highest BCUT2D eigenvalue weighted by Gasteiger charge is 2.55. The summed E-state index contributed by atoms with van der Waals surface area (Å²) in [7, 11) is 0. The van der Waals surface area contributed by atoms with Crippen LogP contribution in [0.2, 0.25) is 10.0 Å². The number of rotatable bonds is 4. The molecule has 1 saturated heterocycles. The predicted molar refractivity (Wildman–Crippen MR) is 108 cm³/mol. The molecule has 0 unspecified atom stereocenters. The van der Waals surface area contributed by atoms with Crippen molar-refractivity contribution in [2.45, 2.75) is 38.7 Å². The van der Waals surface area contributed by atoms with Crippen LogP contribution in [0.25, 0.3) is 0 Å². The zero-order chi connectivity index (χ0) is 19.9. The van der Waals surface area contributed by atoms with Gasteiger partial charge in [-0.2, -0.15) is 0 Å². The van der Waals surface area contributed by atoms with Gasteiger partial charge in [0.25, 0.3) is 11.7 Å². The van der Waals surface area contributed by atoms with Crippen molar-refractivity contribution in [3.8, 4) is 5.75 Å². The Morgan fingerprint density at radius 2 is 1.86 bits per heavy atom. The largest absolute Gasteiger partial charge is 0.491 e. The number of benzene rings is 2. The second-order valence-electron chi connectivity index (χ2n) is 7.09. The highest BCUT2D eigenvalue weighted by atomic mass is 35.5. The van der Waals surface area contributed by atoms with Crippen molar-refractivity contribution in [3.63, 3.8) is 0 Å². The van der Waals surface area contributed by atoms with Gasteiger partial charge in [-0.15, -0.1) is 0 Å². The van der Waals surface area contributed by atoms with Gasteiger partial charge in [0, 0.05) is 11.1 Å². The number of amides is 1. The van der Waals surface area contributed by atoms with Crippen molar-refractivity contribution in [1.82, 2.24) is 0 Å². The molecule has 2 aliphatic heterocycles. The lowest BCUT2D eigenvalue weighted by Crippen LogP contribution is -2.47. The zero-order valence-electron chi connectivity index (χ0n) is 15.7. The highest BCUT2D eigenvalue weighted by molar-refractivity contribution is 6.44. The number of ether oxygens (including phenoxy) is 3. The molecule has 0 saturated carbocycles. The lowest BCUT2D eigenvalue weighted by atomic mass is 10.1. The second-order valence-corrected chi connectivity index (χ2v) is 7.88. The first-order valence-electron chi connectivity index (χ1n) is 9.27. The van der Waals surface area contributed by atoms with E-state index >= 15 is 0 Å². The average Bonchev–Trinajstić information content (AvgIpc) is 2.89. The summed E-state index contributed by atoms with van der Waals surface area (Å²) in [5.74, 6) is -1.04. The average molecular weight is 422 g/mol. The molecule has 2 aromatic rings. The van der Waals surface area contributed by atoms with Crippen molar-refractivity contribution < 1.29 is 19.0 Å². The van der Waals surface area contributed by atoms with E-state index in [4.69, 9.17) is 37.4 Å².